The Morgan fingerprint density at radius 1 is 1.30 bits per heavy atom. The maximum Gasteiger partial charge on any atom is 0.134 e. The first-order chi connectivity index (χ1) is 9.60. The number of nitrogens with one attached hydrogen (secondary N) is 1. The lowest BCUT2D eigenvalue weighted by atomic mass is 10.1. The van der Waals surface area contributed by atoms with Gasteiger partial charge in [0.05, 0.1) is 10.7 Å². The molecule has 1 aromatic heterocycles. The third kappa shape index (κ3) is 2.36. The summed E-state index contributed by atoms with van der Waals surface area (Å²) in [6.45, 7) is 1.92. The lowest BCUT2D eigenvalue weighted by molar-refractivity contribution is 0.628. The number of halogens is 2. The van der Waals surface area contributed by atoms with E-state index in [1.165, 1.54) is 12.1 Å². The summed E-state index contributed by atoms with van der Waals surface area (Å²) in [5.41, 5.74) is 2.20. The maximum atomic E-state index is 13.5. The van der Waals surface area contributed by atoms with E-state index in [2.05, 4.69) is 15.3 Å². The molecule has 0 amide bonds. The standard InChI is InChI=1S/C15H15ClFN3/c1-8-13(11-7-10(17)5-6-12(11)16)19-15(9-3-4-9)20-14(8)18-2/h5-7,9H,3-4H2,1-2H3,(H,18,19,20). The highest BCUT2D eigenvalue weighted by Crippen LogP contribution is 2.40. The van der Waals surface area contributed by atoms with Gasteiger partial charge in [0.1, 0.15) is 17.5 Å². The lowest BCUT2D eigenvalue weighted by Crippen LogP contribution is -2.05. The van der Waals surface area contributed by atoms with Crippen molar-refractivity contribution in [3.63, 3.8) is 0 Å². The summed E-state index contributed by atoms with van der Waals surface area (Å²) in [4.78, 5) is 9.14. The van der Waals surface area contributed by atoms with Crippen molar-refractivity contribution in [2.45, 2.75) is 25.7 Å². The van der Waals surface area contributed by atoms with Crippen molar-refractivity contribution in [1.82, 2.24) is 9.97 Å². The smallest absolute Gasteiger partial charge is 0.134 e. The minimum absolute atomic E-state index is 0.318. The van der Waals surface area contributed by atoms with Crippen LogP contribution in [-0.4, -0.2) is 17.0 Å². The average molecular weight is 292 g/mol. The number of hydrogen-bond donors (Lipinski definition) is 1. The fourth-order valence-corrected chi connectivity index (χ4v) is 2.45. The van der Waals surface area contributed by atoms with Crippen LogP contribution in [-0.2, 0) is 0 Å². The Bertz CT molecular complexity index is 668. The van der Waals surface area contributed by atoms with E-state index in [1.807, 2.05) is 14.0 Å². The second-order valence-corrected chi connectivity index (χ2v) is 5.46. The molecular weight excluding hydrogens is 277 g/mol. The number of aromatic nitrogens is 2. The quantitative estimate of drug-likeness (QED) is 0.922. The van der Waals surface area contributed by atoms with Crippen molar-refractivity contribution in [3.8, 4) is 11.3 Å². The van der Waals surface area contributed by atoms with Crippen molar-refractivity contribution in [1.29, 1.82) is 0 Å². The first-order valence-corrected chi connectivity index (χ1v) is 6.99. The van der Waals surface area contributed by atoms with Gasteiger partial charge in [-0.1, -0.05) is 11.6 Å². The van der Waals surface area contributed by atoms with Crippen molar-refractivity contribution >= 4 is 17.4 Å². The van der Waals surface area contributed by atoms with Gasteiger partial charge in [-0.25, -0.2) is 14.4 Å². The van der Waals surface area contributed by atoms with Crippen LogP contribution in [0.4, 0.5) is 10.2 Å². The molecule has 1 N–H and O–H groups in total. The molecule has 1 aliphatic rings. The molecule has 0 unspecified atom stereocenters. The Morgan fingerprint density at radius 3 is 2.70 bits per heavy atom. The van der Waals surface area contributed by atoms with Crippen molar-refractivity contribution in [3.05, 3.63) is 40.4 Å². The largest absolute Gasteiger partial charge is 0.373 e. The highest BCUT2D eigenvalue weighted by atomic mass is 35.5. The van der Waals surface area contributed by atoms with Gasteiger partial charge in [-0.05, 0) is 38.0 Å². The van der Waals surface area contributed by atoms with Crippen LogP contribution in [0.3, 0.4) is 0 Å². The summed E-state index contributed by atoms with van der Waals surface area (Å²) in [5, 5.41) is 3.57. The number of anilines is 1. The van der Waals surface area contributed by atoms with Gasteiger partial charge in [-0.2, -0.15) is 0 Å². The van der Waals surface area contributed by atoms with Crippen LogP contribution >= 0.6 is 11.6 Å². The van der Waals surface area contributed by atoms with Gasteiger partial charge in [-0.15, -0.1) is 0 Å². The van der Waals surface area contributed by atoms with Gasteiger partial charge in [0.25, 0.3) is 0 Å². The van der Waals surface area contributed by atoms with E-state index in [-0.39, 0.29) is 5.82 Å². The van der Waals surface area contributed by atoms with Crippen LogP contribution in [0.2, 0.25) is 5.02 Å². The van der Waals surface area contributed by atoms with Crippen molar-refractivity contribution in [2.75, 3.05) is 12.4 Å². The lowest BCUT2D eigenvalue weighted by Gasteiger charge is -2.13. The van der Waals surface area contributed by atoms with E-state index in [4.69, 9.17) is 11.6 Å². The molecule has 20 heavy (non-hydrogen) atoms. The van der Waals surface area contributed by atoms with E-state index < -0.39 is 0 Å². The van der Waals surface area contributed by atoms with Gasteiger partial charge in [0, 0.05) is 24.1 Å². The SMILES string of the molecule is CNc1nc(C2CC2)nc(-c2cc(F)ccc2Cl)c1C. The number of nitrogens with zero attached hydrogens (tertiary/aromatic N) is 2. The van der Waals surface area contributed by atoms with Crippen LogP contribution in [0.5, 0.6) is 0 Å². The van der Waals surface area contributed by atoms with E-state index in [1.54, 1.807) is 6.07 Å². The summed E-state index contributed by atoms with van der Waals surface area (Å²) in [7, 11) is 1.82. The van der Waals surface area contributed by atoms with Gasteiger partial charge < -0.3 is 5.32 Å². The van der Waals surface area contributed by atoms with Crippen molar-refractivity contribution in [2.24, 2.45) is 0 Å². The van der Waals surface area contributed by atoms with Crippen LogP contribution in [0.25, 0.3) is 11.3 Å². The fourth-order valence-electron chi connectivity index (χ4n) is 2.24. The molecule has 104 valence electrons. The predicted octanol–water partition coefficient (Wildman–Crippen LogP) is 4.16. The zero-order valence-electron chi connectivity index (χ0n) is 11.4. The number of benzene rings is 1. The van der Waals surface area contributed by atoms with Crippen LogP contribution in [0.1, 0.15) is 30.1 Å². The van der Waals surface area contributed by atoms with Gasteiger partial charge >= 0.3 is 0 Å². The summed E-state index contributed by atoms with van der Waals surface area (Å²) < 4.78 is 13.5. The summed E-state index contributed by atoms with van der Waals surface area (Å²) in [6.07, 6.45) is 2.23. The second-order valence-electron chi connectivity index (χ2n) is 5.05. The minimum Gasteiger partial charge on any atom is -0.373 e. The van der Waals surface area contributed by atoms with E-state index in [9.17, 15) is 4.39 Å². The average Bonchev–Trinajstić information content (AvgIpc) is 3.26. The number of hydrogen-bond acceptors (Lipinski definition) is 3. The number of rotatable bonds is 3. The van der Waals surface area contributed by atoms with Gasteiger partial charge in [0.15, 0.2) is 0 Å². The summed E-state index contributed by atoms with van der Waals surface area (Å²) in [5.74, 6) is 1.70. The molecule has 1 fully saturated rings. The molecule has 2 aromatic rings. The van der Waals surface area contributed by atoms with Gasteiger partial charge in [-0.3, -0.25) is 0 Å². The van der Waals surface area contributed by atoms with E-state index in [0.29, 0.717) is 22.2 Å². The zero-order chi connectivity index (χ0) is 14.3. The van der Waals surface area contributed by atoms with Crippen LogP contribution < -0.4 is 5.32 Å². The first kappa shape index (κ1) is 13.3. The van der Waals surface area contributed by atoms with Gasteiger partial charge in [0.2, 0.25) is 0 Å². The molecular formula is C15H15ClFN3. The predicted molar refractivity (Wildman–Crippen MR) is 78.7 cm³/mol. The molecule has 0 atom stereocenters. The topological polar surface area (TPSA) is 37.8 Å². The molecule has 0 spiro atoms. The maximum absolute atomic E-state index is 13.5. The third-order valence-electron chi connectivity index (χ3n) is 3.53. The second kappa shape index (κ2) is 5.02. The zero-order valence-corrected chi connectivity index (χ0v) is 12.1. The molecule has 1 heterocycles. The first-order valence-electron chi connectivity index (χ1n) is 6.62. The Balaban J connectivity index is 2.20. The normalized spacial score (nSPS) is 14.4. The highest BCUT2D eigenvalue weighted by molar-refractivity contribution is 6.33. The molecule has 0 saturated heterocycles. The van der Waals surface area contributed by atoms with E-state index >= 15 is 0 Å². The Labute approximate surface area is 122 Å². The highest BCUT2D eigenvalue weighted by Gasteiger charge is 2.28. The summed E-state index contributed by atoms with van der Waals surface area (Å²) in [6, 6.07) is 4.33. The Kier molecular flexibility index (Phi) is 3.34. The minimum atomic E-state index is -0.318. The Hall–Kier alpha value is -1.68. The molecule has 3 nitrogen and oxygen atoms in total. The van der Waals surface area contributed by atoms with Crippen molar-refractivity contribution < 1.29 is 4.39 Å². The molecule has 0 radical (unpaired) electrons. The fraction of sp³-hybridized carbons (Fsp3) is 0.333. The third-order valence-corrected chi connectivity index (χ3v) is 3.86. The van der Waals surface area contributed by atoms with Crippen LogP contribution in [0, 0.1) is 12.7 Å². The van der Waals surface area contributed by atoms with Crippen LogP contribution in [0.15, 0.2) is 18.2 Å². The summed E-state index contributed by atoms with van der Waals surface area (Å²) >= 11 is 6.20. The molecule has 0 bridgehead atoms. The molecule has 0 aliphatic heterocycles. The molecule has 3 rings (SSSR count). The monoisotopic (exact) mass is 291 g/mol. The molecule has 1 aliphatic carbocycles. The Morgan fingerprint density at radius 2 is 2.05 bits per heavy atom. The molecule has 5 heteroatoms. The molecule has 1 saturated carbocycles. The molecule has 1 aromatic carbocycles. The van der Waals surface area contributed by atoms with E-state index in [0.717, 1.165) is 30.0 Å².